The van der Waals surface area contributed by atoms with Crippen LogP contribution >= 0.6 is 0 Å². The molecular weight excluding hydrogens is 318 g/mol. The van der Waals surface area contributed by atoms with Crippen LogP contribution in [0.25, 0.3) is 27.5 Å². The number of aliphatic imine (C=N–C) groups is 1. The van der Waals surface area contributed by atoms with Crippen molar-refractivity contribution in [1.82, 2.24) is 4.57 Å². The van der Waals surface area contributed by atoms with Crippen LogP contribution in [0.1, 0.15) is 12.5 Å². The van der Waals surface area contributed by atoms with Gasteiger partial charge in [-0.25, -0.2) is 0 Å². The molecule has 3 nitrogen and oxygen atoms in total. The summed E-state index contributed by atoms with van der Waals surface area (Å²) in [6.07, 6.45) is 1.06. The molecule has 1 aliphatic heterocycles. The first kappa shape index (κ1) is 15.2. The van der Waals surface area contributed by atoms with Gasteiger partial charge in [-0.05, 0) is 37.1 Å². The SMILES string of the molecule is CN=C(C)N1CCc2ccc3c4ccccc4n(-c4ccccc4)c3c21. The van der Waals surface area contributed by atoms with Gasteiger partial charge in [0.2, 0.25) is 0 Å². The standard InChI is InChI=1S/C23H21N3/c1-16(24-2)25-15-14-17-12-13-20-19-10-6-7-11-21(19)26(23(20)22(17)25)18-8-4-3-5-9-18/h3-13H,14-15H2,1-2H3. The van der Waals surface area contributed by atoms with Gasteiger partial charge in [0, 0.05) is 30.1 Å². The third-order valence-electron chi connectivity index (χ3n) is 5.50. The molecule has 3 heteroatoms. The topological polar surface area (TPSA) is 20.5 Å². The van der Waals surface area contributed by atoms with Crippen LogP contribution in [0.3, 0.4) is 0 Å². The van der Waals surface area contributed by atoms with Crippen LogP contribution in [0.5, 0.6) is 0 Å². The van der Waals surface area contributed by atoms with Gasteiger partial charge in [0.25, 0.3) is 0 Å². The minimum atomic E-state index is 0.994. The molecule has 1 aliphatic rings. The van der Waals surface area contributed by atoms with E-state index in [0.29, 0.717) is 0 Å². The molecule has 3 aromatic carbocycles. The molecule has 2 heterocycles. The molecule has 0 aliphatic carbocycles. The van der Waals surface area contributed by atoms with Crippen molar-refractivity contribution in [2.75, 3.05) is 18.5 Å². The zero-order valence-corrected chi connectivity index (χ0v) is 15.1. The monoisotopic (exact) mass is 339 g/mol. The largest absolute Gasteiger partial charge is 0.328 e. The minimum Gasteiger partial charge on any atom is -0.328 e. The quantitative estimate of drug-likeness (QED) is 0.345. The summed E-state index contributed by atoms with van der Waals surface area (Å²) in [4.78, 5) is 6.84. The van der Waals surface area contributed by atoms with Crippen LogP contribution in [0.2, 0.25) is 0 Å². The number of hydrogen-bond donors (Lipinski definition) is 0. The zero-order valence-electron chi connectivity index (χ0n) is 15.1. The Morgan fingerprint density at radius 1 is 0.885 bits per heavy atom. The smallest absolute Gasteiger partial charge is 0.0999 e. The Balaban J connectivity index is 1.97. The van der Waals surface area contributed by atoms with Crippen molar-refractivity contribution in [1.29, 1.82) is 0 Å². The fourth-order valence-electron chi connectivity index (χ4n) is 4.22. The van der Waals surface area contributed by atoms with Crippen LogP contribution in [0.4, 0.5) is 5.69 Å². The van der Waals surface area contributed by atoms with Gasteiger partial charge < -0.3 is 9.47 Å². The average molecular weight is 339 g/mol. The molecule has 0 unspecified atom stereocenters. The first-order valence-electron chi connectivity index (χ1n) is 9.11. The summed E-state index contributed by atoms with van der Waals surface area (Å²) in [5.74, 6) is 1.07. The summed E-state index contributed by atoms with van der Waals surface area (Å²) < 4.78 is 2.41. The van der Waals surface area contributed by atoms with E-state index in [9.17, 15) is 0 Å². The van der Waals surface area contributed by atoms with Gasteiger partial charge in [0.15, 0.2) is 0 Å². The number of nitrogens with zero attached hydrogens (tertiary/aromatic N) is 3. The molecule has 0 saturated carbocycles. The van der Waals surface area contributed by atoms with Gasteiger partial charge in [-0.2, -0.15) is 0 Å². The number of rotatable bonds is 1. The molecule has 0 radical (unpaired) electrons. The van der Waals surface area contributed by atoms with E-state index in [0.717, 1.165) is 18.8 Å². The fourth-order valence-corrected chi connectivity index (χ4v) is 4.22. The number of amidine groups is 1. The third-order valence-corrected chi connectivity index (χ3v) is 5.50. The molecule has 0 N–H and O–H groups in total. The Hall–Kier alpha value is -3.07. The van der Waals surface area contributed by atoms with Crippen LogP contribution in [0.15, 0.2) is 71.7 Å². The van der Waals surface area contributed by atoms with Crippen molar-refractivity contribution in [2.24, 2.45) is 4.99 Å². The normalized spacial score (nSPS) is 14.4. The second-order valence-corrected chi connectivity index (χ2v) is 6.83. The van der Waals surface area contributed by atoms with Gasteiger partial charge in [-0.15, -0.1) is 0 Å². The summed E-state index contributed by atoms with van der Waals surface area (Å²) in [5.41, 5.74) is 6.45. The second-order valence-electron chi connectivity index (χ2n) is 6.83. The maximum atomic E-state index is 4.47. The van der Waals surface area contributed by atoms with Crippen molar-refractivity contribution in [3.63, 3.8) is 0 Å². The van der Waals surface area contributed by atoms with E-state index in [1.165, 1.54) is 38.7 Å². The summed E-state index contributed by atoms with van der Waals surface area (Å²) >= 11 is 0. The number of para-hydroxylation sites is 2. The molecular formula is C23H21N3. The fraction of sp³-hybridized carbons (Fsp3) is 0.174. The zero-order chi connectivity index (χ0) is 17.7. The molecule has 4 aromatic rings. The first-order valence-corrected chi connectivity index (χ1v) is 9.11. The molecule has 128 valence electrons. The predicted molar refractivity (Wildman–Crippen MR) is 111 cm³/mol. The second kappa shape index (κ2) is 5.73. The molecule has 0 spiro atoms. The highest BCUT2D eigenvalue weighted by Crippen LogP contribution is 2.42. The molecule has 0 saturated heterocycles. The minimum absolute atomic E-state index is 0.994. The van der Waals surface area contributed by atoms with Gasteiger partial charge in [-0.1, -0.05) is 48.5 Å². The van der Waals surface area contributed by atoms with E-state index in [-0.39, 0.29) is 0 Å². The molecule has 0 bridgehead atoms. The Labute approximate surface area is 153 Å². The number of aromatic nitrogens is 1. The van der Waals surface area contributed by atoms with Crippen LogP contribution in [-0.2, 0) is 6.42 Å². The van der Waals surface area contributed by atoms with E-state index in [4.69, 9.17) is 0 Å². The Kier molecular flexibility index (Phi) is 3.35. The lowest BCUT2D eigenvalue weighted by molar-refractivity contribution is 1.01. The van der Waals surface area contributed by atoms with E-state index in [2.05, 4.69) is 88.1 Å². The highest BCUT2D eigenvalue weighted by molar-refractivity contribution is 6.16. The molecule has 26 heavy (non-hydrogen) atoms. The predicted octanol–water partition coefficient (Wildman–Crippen LogP) is 5.19. The van der Waals surface area contributed by atoms with Gasteiger partial charge in [0.1, 0.15) is 0 Å². The van der Waals surface area contributed by atoms with E-state index < -0.39 is 0 Å². The first-order chi connectivity index (χ1) is 12.8. The maximum Gasteiger partial charge on any atom is 0.0999 e. The highest BCUT2D eigenvalue weighted by Gasteiger charge is 2.27. The van der Waals surface area contributed by atoms with Crippen LogP contribution < -0.4 is 4.90 Å². The van der Waals surface area contributed by atoms with Crippen molar-refractivity contribution in [3.05, 3.63) is 72.3 Å². The highest BCUT2D eigenvalue weighted by atomic mass is 15.2. The Morgan fingerprint density at radius 3 is 2.46 bits per heavy atom. The lowest BCUT2D eigenvalue weighted by atomic mass is 10.1. The van der Waals surface area contributed by atoms with Crippen LogP contribution in [-0.4, -0.2) is 24.0 Å². The van der Waals surface area contributed by atoms with Crippen molar-refractivity contribution >= 4 is 33.3 Å². The lowest BCUT2D eigenvalue weighted by Gasteiger charge is -2.21. The number of fused-ring (bicyclic) bond motifs is 5. The van der Waals surface area contributed by atoms with Crippen molar-refractivity contribution in [3.8, 4) is 5.69 Å². The molecule has 0 atom stereocenters. The lowest BCUT2D eigenvalue weighted by Crippen LogP contribution is -2.26. The number of benzene rings is 3. The van der Waals surface area contributed by atoms with Gasteiger partial charge >= 0.3 is 0 Å². The Bertz CT molecular complexity index is 1150. The van der Waals surface area contributed by atoms with E-state index in [1.54, 1.807) is 0 Å². The number of anilines is 1. The Morgan fingerprint density at radius 2 is 1.65 bits per heavy atom. The molecule has 0 fully saturated rings. The summed E-state index contributed by atoms with van der Waals surface area (Å²) in [5, 5.41) is 2.60. The third kappa shape index (κ3) is 2.03. The maximum absolute atomic E-state index is 4.47. The summed E-state index contributed by atoms with van der Waals surface area (Å²) in [7, 11) is 1.88. The van der Waals surface area contributed by atoms with Crippen LogP contribution in [0, 0.1) is 0 Å². The van der Waals surface area contributed by atoms with E-state index >= 15 is 0 Å². The average Bonchev–Trinajstić information content (AvgIpc) is 3.27. The summed E-state index contributed by atoms with van der Waals surface area (Å²) in [6, 6.07) is 23.9. The summed E-state index contributed by atoms with van der Waals surface area (Å²) in [6.45, 7) is 3.09. The number of hydrogen-bond acceptors (Lipinski definition) is 1. The van der Waals surface area contributed by atoms with Crippen molar-refractivity contribution < 1.29 is 0 Å². The molecule has 0 amide bonds. The van der Waals surface area contributed by atoms with E-state index in [1.807, 2.05) is 7.05 Å². The van der Waals surface area contributed by atoms with Gasteiger partial charge in [0.05, 0.1) is 22.6 Å². The molecule has 5 rings (SSSR count). The van der Waals surface area contributed by atoms with Crippen molar-refractivity contribution in [2.45, 2.75) is 13.3 Å². The molecule has 1 aromatic heterocycles. The van der Waals surface area contributed by atoms with Gasteiger partial charge in [-0.3, -0.25) is 4.99 Å².